The van der Waals surface area contributed by atoms with Gasteiger partial charge in [-0.05, 0) is 20.9 Å². The molecule has 0 spiro atoms. The van der Waals surface area contributed by atoms with Gasteiger partial charge in [-0.25, -0.2) is 0 Å². The van der Waals surface area contributed by atoms with Gasteiger partial charge in [-0.3, -0.25) is 4.79 Å². The Morgan fingerprint density at radius 3 is 2.64 bits per heavy atom. The molecule has 0 saturated carbocycles. The minimum Gasteiger partial charge on any atom is -0.480 e. The van der Waals surface area contributed by atoms with Gasteiger partial charge in [0.25, 0.3) is 0 Å². The van der Waals surface area contributed by atoms with Gasteiger partial charge >= 0.3 is 5.97 Å². The number of rotatable bonds is 7. The fraction of sp³-hybridized carbons (Fsp3) is 0.889. The number of hydrogen-bond donors (Lipinski definition) is 2. The molecule has 0 heterocycles. The molecule has 0 aliphatic carbocycles. The first-order valence-corrected chi connectivity index (χ1v) is 4.68. The molecule has 0 radical (unpaired) electrons. The van der Waals surface area contributed by atoms with Crippen molar-refractivity contribution in [2.75, 3.05) is 33.4 Å². The van der Waals surface area contributed by atoms with Crippen LogP contribution in [-0.4, -0.2) is 54.9 Å². The number of likely N-dealkylation sites (N-methyl/N-ethyl adjacent to an activating group) is 1. The summed E-state index contributed by atoms with van der Waals surface area (Å²) in [6.45, 7) is 5.70. The molecule has 3 N–H and O–H groups in total. The van der Waals surface area contributed by atoms with Crippen molar-refractivity contribution in [2.45, 2.75) is 19.4 Å². The molecule has 5 heteroatoms. The number of ether oxygens (including phenoxy) is 1. The van der Waals surface area contributed by atoms with Crippen LogP contribution < -0.4 is 5.73 Å². The van der Waals surface area contributed by atoms with Gasteiger partial charge in [-0.15, -0.1) is 0 Å². The van der Waals surface area contributed by atoms with Crippen LogP contribution in [0, 0.1) is 0 Å². The predicted octanol–water partition coefficient (Wildman–Crippen LogP) is -0.243. The third-order valence-corrected chi connectivity index (χ3v) is 1.91. The standard InChI is InChI=1S/C9H20N2O3/c1-4-14-6-5-11(3)7-9(2,10)8(12)13/h4-7,10H2,1-3H3,(H,12,13). The topological polar surface area (TPSA) is 75.8 Å². The summed E-state index contributed by atoms with van der Waals surface area (Å²) in [5.41, 5.74) is 4.39. The SMILES string of the molecule is CCOCCN(C)CC(C)(N)C(=O)O. The van der Waals surface area contributed by atoms with E-state index in [1.54, 1.807) is 0 Å². The molecular formula is C9H20N2O3. The number of carboxylic acids is 1. The smallest absolute Gasteiger partial charge is 0.324 e. The van der Waals surface area contributed by atoms with Gasteiger partial charge in [0.05, 0.1) is 6.61 Å². The van der Waals surface area contributed by atoms with E-state index in [0.29, 0.717) is 26.3 Å². The van der Waals surface area contributed by atoms with Crippen LogP contribution in [0.15, 0.2) is 0 Å². The van der Waals surface area contributed by atoms with Gasteiger partial charge in [0.2, 0.25) is 0 Å². The average Bonchev–Trinajstić information content (AvgIpc) is 2.03. The molecule has 0 aliphatic heterocycles. The van der Waals surface area contributed by atoms with Gasteiger partial charge in [0, 0.05) is 19.7 Å². The highest BCUT2D eigenvalue weighted by Gasteiger charge is 2.28. The Balaban J connectivity index is 3.81. The number of carboxylic acid groups (broad SMARTS) is 1. The highest BCUT2D eigenvalue weighted by Crippen LogP contribution is 2.01. The maximum Gasteiger partial charge on any atom is 0.324 e. The molecule has 0 saturated heterocycles. The Labute approximate surface area is 84.8 Å². The second-order valence-corrected chi connectivity index (χ2v) is 3.66. The number of nitrogens with zero attached hydrogens (tertiary/aromatic N) is 1. The summed E-state index contributed by atoms with van der Waals surface area (Å²) in [5.74, 6) is -0.985. The molecule has 1 unspecified atom stereocenters. The third-order valence-electron chi connectivity index (χ3n) is 1.91. The zero-order chi connectivity index (χ0) is 11.2. The lowest BCUT2D eigenvalue weighted by Crippen LogP contribution is -2.53. The fourth-order valence-corrected chi connectivity index (χ4v) is 1.07. The number of nitrogens with two attached hydrogens (primary N) is 1. The van der Waals surface area contributed by atoms with E-state index in [0.717, 1.165) is 0 Å². The van der Waals surface area contributed by atoms with E-state index in [1.165, 1.54) is 6.92 Å². The van der Waals surface area contributed by atoms with E-state index >= 15 is 0 Å². The Kier molecular flexibility index (Phi) is 5.68. The zero-order valence-electron chi connectivity index (χ0n) is 9.12. The van der Waals surface area contributed by atoms with Crippen molar-refractivity contribution in [3.63, 3.8) is 0 Å². The molecule has 0 aliphatic rings. The molecule has 0 fully saturated rings. The van der Waals surface area contributed by atoms with Crippen molar-refractivity contribution in [2.24, 2.45) is 5.73 Å². The minimum absolute atomic E-state index is 0.315. The summed E-state index contributed by atoms with van der Waals surface area (Å²) < 4.78 is 5.15. The van der Waals surface area contributed by atoms with Crippen molar-refractivity contribution < 1.29 is 14.6 Å². The zero-order valence-corrected chi connectivity index (χ0v) is 9.12. The summed E-state index contributed by atoms with van der Waals surface area (Å²) in [4.78, 5) is 12.6. The van der Waals surface area contributed by atoms with Crippen LogP contribution in [0.4, 0.5) is 0 Å². The predicted molar refractivity (Wildman–Crippen MR) is 54.2 cm³/mol. The molecule has 0 bridgehead atoms. The van der Waals surface area contributed by atoms with Crippen LogP contribution >= 0.6 is 0 Å². The van der Waals surface area contributed by atoms with Crippen LogP contribution in [0.2, 0.25) is 0 Å². The quantitative estimate of drug-likeness (QED) is 0.560. The second-order valence-electron chi connectivity index (χ2n) is 3.66. The molecule has 14 heavy (non-hydrogen) atoms. The van der Waals surface area contributed by atoms with E-state index in [1.807, 2.05) is 18.9 Å². The summed E-state index contributed by atoms with van der Waals surface area (Å²) in [5, 5.41) is 8.78. The molecule has 0 aromatic rings. The van der Waals surface area contributed by atoms with Crippen LogP contribution in [0.25, 0.3) is 0 Å². The molecule has 0 amide bonds. The monoisotopic (exact) mass is 204 g/mol. The molecule has 84 valence electrons. The van der Waals surface area contributed by atoms with Gasteiger partial charge < -0.3 is 20.5 Å². The van der Waals surface area contributed by atoms with Gasteiger partial charge in [0.15, 0.2) is 0 Å². The largest absolute Gasteiger partial charge is 0.480 e. The Morgan fingerprint density at radius 2 is 2.21 bits per heavy atom. The normalized spacial score (nSPS) is 15.5. The van der Waals surface area contributed by atoms with Crippen LogP contribution in [0.5, 0.6) is 0 Å². The van der Waals surface area contributed by atoms with E-state index in [2.05, 4.69) is 0 Å². The lowest BCUT2D eigenvalue weighted by Gasteiger charge is -2.26. The Morgan fingerprint density at radius 1 is 1.64 bits per heavy atom. The van der Waals surface area contributed by atoms with Crippen molar-refractivity contribution >= 4 is 5.97 Å². The molecular weight excluding hydrogens is 184 g/mol. The van der Waals surface area contributed by atoms with Gasteiger partial charge in [0.1, 0.15) is 5.54 Å². The van der Waals surface area contributed by atoms with Crippen LogP contribution in [0.3, 0.4) is 0 Å². The highest BCUT2D eigenvalue weighted by molar-refractivity contribution is 5.78. The third kappa shape index (κ3) is 5.16. The summed E-state index contributed by atoms with van der Waals surface area (Å²) in [6, 6.07) is 0. The summed E-state index contributed by atoms with van der Waals surface area (Å²) in [7, 11) is 1.83. The second kappa shape index (κ2) is 5.95. The van der Waals surface area contributed by atoms with Crippen molar-refractivity contribution in [3.05, 3.63) is 0 Å². The highest BCUT2D eigenvalue weighted by atomic mass is 16.5. The number of aliphatic carboxylic acids is 1. The van der Waals surface area contributed by atoms with E-state index in [9.17, 15) is 4.79 Å². The molecule has 0 aromatic carbocycles. The first-order chi connectivity index (χ1) is 6.40. The average molecular weight is 204 g/mol. The van der Waals surface area contributed by atoms with Crippen LogP contribution in [0.1, 0.15) is 13.8 Å². The Bertz CT molecular complexity index is 183. The minimum atomic E-state index is -1.19. The molecule has 0 aromatic heterocycles. The van der Waals surface area contributed by atoms with Crippen molar-refractivity contribution in [1.29, 1.82) is 0 Å². The first-order valence-electron chi connectivity index (χ1n) is 4.68. The fourth-order valence-electron chi connectivity index (χ4n) is 1.07. The molecule has 5 nitrogen and oxygen atoms in total. The van der Waals surface area contributed by atoms with Gasteiger partial charge in [-0.2, -0.15) is 0 Å². The lowest BCUT2D eigenvalue weighted by atomic mass is 10.0. The van der Waals surface area contributed by atoms with Crippen LogP contribution in [-0.2, 0) is 9.53 Å². The maximum absolute atomic E-state index is 10.7. The van der Waals surface area contributed by atoms with E-state index in [4.69, 9.17) is 15.6 Å². The van der Waals surface area contributed by atoms with Crippen molar-refractivity contribution in [1.82, 2.24) is 4.90 Å². The Hall–Kier alpha value is -0.650. The van der Waals surface area contributed by atoms with Crippen molar-refractivity contribution in [3.8, 4) is 0 Å². The molecule has 0 rings (SSSR count). The molecule has 1 atom stereocenters. The lowest BCUT2D eigenvalue weighted by molar-refractivity contribution is -0.143. The van der Waals surface area contributed by atoms with E-state index in [-0.39, 0.29) is 0 Å². The van der Waals surface area contributed by atoms with Gasteiger partial charge in [-0.1, -0.05) is 0 Å². The maximum atomic E-state index is 10.7. The summed E-state index contributed by atoms with van der Waals surface area (Å²) >= 11 is 0. The summed E-state index contributed by atoms with van der Waals surface area (Å²) in [6.07, 6.45) is 0. The first kappa shape index (κ1) is 13.4. The van der Waals surface area contributed by atoms with E-state index < -0.39 is 11.5 Å². The number of carbonyl (C=O) groups is 1. The number of hydrogen-bond acceptors (Lipinski definition) is 4.